The summed E-state index contributed by atoms with van der Waals surface area (Å²) < 4.78 is 0. The number of rotatable bonds is 5. The maximum atomic E-state index is 10.1. The minimum absolute atomic E-state index is 0.211. The number of halogens is 1. The molecule has 2 nitrogen and oxygen atoms in total. The summed E-state index contributed by atoms with van der Waals surface area (Å²) in [5.74, 6) is 0. The van der Waals surface area contributed by atoms with Gasteiger partial charge in [0.05, 0.1) is 6.10 Å². The first-order valence-electron chi connectivity index (χ1n) is 6.38. The lowest BCUT2D eigenvalue weighted by atomic mass is 10.1. The largest absolute Gasteiger partial charge is 0.387 e. The fourth-order valence-electron chi connectivity index (χ4n) is 1.95. The molecule has 0 saturated heterocycles. The second kappa shape index (κ2) is 6.71. The van der Waals surface area contributed by atoms with E-state index in [1.165, 1.54) is 5.56 Å². The van der Waals surface area contributed by atoms with Gasteiger partial charge in [-0.1, -0.05) is 54.1 Å². The van der Waals surface area contributed by atoms with Crippen LogP contribution >= 0.6 is 11.6 Å². The first-order valence-corrected chi connectivity index (χ1v) is 6.76. The number of nitrogens with one attached hydrogen (secondary N) is 1. The third kappa shape index (κ3) is 4.06. The van der Waals surface area contributed by atoms with E-state index in [0.717, 1.165) is 5.56 Å². The average Bonchev–Trinajstić information content (AvgIpc) is 2.46. The van der Waals surface area contributed by atoms with Crippen LogP contribution in [-0.4, -0.2) is 11.7 Å². The predicted molar refractivity (Wildman–Crippen MR) is 79.3 cm³/mol. The van der Waals surface area contributed by atoms with Gasteiger partial charge in [-0.05, 0) is 30.2 Å². The van der Waals surface area contributed by atoms with Crippen molar-refractivity contribution in [3.63, 3.8) is 0 Å². The molecule has 2 rings (SSSR count). The van der Waals surface area contributed by atoms with Gasteiger partial charge in [-0.25, -0.2) is 0 Å². The molecule has 0 aliphatic carbocycles. The summed E-state index contributed by atoms with van der Waals surface area (Å²) in [6.45, 7) is 2.60. The molecule has 2 aromatic rings. The van der Waals surface area contributed by atoms with E-state index in [0.29, 0.717) is 11.6 Å². The molecule has 19 heavy (non-hydrogen) atoms. The zero-order valence-corrected chi connectivity index (χ0v) is 11.6. The Bertz CT molecular complexity index is 498. The van der Waals surface area contributed by atoms with Gasteiger partial charge in [-0.2, -0.15) is 0 Å². The van der Waals surface area contributed by atoms with Crippen LogP contribution in [0.2, 0.25) is 5.02 Å². The highest BCUT2D eigenvalue weighted by Gasteiger charge is 2.10. The van der Waals surface area contributed by atoms with Gasteiger partial charge in [0.2, 0.25) is 0 Å². The van der Waals surface area contributed by atoms with Crippen LogP contribution in [0.1, 0.15) is 30.2 Å². The van der Waals surface area contributed by atoms with Crippen molar-refractivity contribution in [2.75, 3.05) is 6.54 Å². The highest BCUT2D eigenvalue weighted by Crippen LogP contribution is 2.17. The monoisotopic (exact) mass is 275 g/mol. The summed E-state index contributed by atoms with van der Waals surface area (Å²) in [4.78, 5) is 0. The molecule has 0 heterocycles. The molecular weight excluding hydrogens is 258 g/mol. The third-order valence-corrected chi connectivity index (χ3v) is 3.42. The SMILES string of the molecule is C[C@@H](NCC(O)c1ccc(Cl)cc1)c1ccccc1. The third-order valence-electron chi connectivity index (χ3n) is 3.17. The molecule has 0 aliphatic heterocycles. The van der Waals surface area contributed by atoms with E-state index >= 15 is 0 Å². The van der Waals surface area contributed by atoms with E-state index in [9.17, 15) is 5.11 Å². The van der Waals surface area contributed by atoms with Crippen molar-refractivity contribution in [1.82, 2.24) is 5.32 Å². The topological polar surface area (TPSA) is 32.3 Å². The lowest BCUT2D eigenvalue weighted by Gasteiger charge is -2.17. The van der Waals surface area contributed by atoms with Crippen molar-refractivity contribution >= 4 is 11.6 Å². The molecule has 100 valence electrons. The van der Waals surface area contributed by atoms with Crippen molar-refractivity contribution in [3.05, 3.63) is 70.7 Å². The molecule has 0 saturated carbocycles. The molecule has 0 fully saturated rings. The van der Waals surface area contributed by atoms with Crippen LogP contribution in [0.3, 0.4) is 0 Å². The van der Waals surface area contributed by atoms with Crippen molar-refractivity contribution < 1.29 is 5.11 Å². The number of aliphatic hydroxyl groups is 1. The van der Waals surface area contributed by atoms with E-state index in [4.69, 9.17) is 11.6 Å². The van der Waals surface area contributed by atoms with Crippen LogP contribution < -0.4 is 5.32 Å². The second-order valence-corrected chi connectivity index (χ2v) is 5.04. The van der Waals surface area contributed by atoms with Gasteiger partial charge in [-0.15, -0.1) is 0 Å². The minimum atomic E-state index is -0.525. The molecule has 2 aromatic carbocycles. The van der Waals surface area contributed by atoms with Gasteiger partial charge in [0.15, 0.2) is 0 Å². The molecule has 0 spiro atoms. The van der Waals surface area contributed by atoms with Crippen molar-refractivity contribution in [2.24, 2.45) is 0 Å². The summed E-state index contributed by atoms with van der Waals surface area (Å²) in [6, 6.07) is 17.7. The van der Waals surface area contributed by atoms with E-state index in [-0.39, 0.29) is 6.04 Å². The molecular formula is C16H18ClNO. The number of benzene rings is 2. The van der Waals surface area contributed by atoms with Gasteiger partial charge in [0.1, 0.15) is 0 Å². The molecule has 0 aromatic heterocycles. The molecule has 0 aliphatic rings. The molecule has 1 unspecified atom stereocenters. The highest BCUT2D eigenvalue weighted by atomic mass is 35.5. The van der Waals surface area contributed by atoms with Crippen LogP contribution in [0.15, 0.2) is 54.6 Å². The Morgan fingerprint density at radius 1 is 1.00 bits per heavy atom. The molecule has 3 heteroatoms. The normalized spacial score (nSPS) is 14.1. The van der Waals surface area contributed by atoms with Crippen molar-refractivity contribution in [2.45, 2.75) is 19.1 Å². The Morgan fingerprint density at radius 3 is 2.26 bits per heavy atom. The number of hydrogen-bond donors (Lipinski definition) is 2. The zero-order valence-electron chi connectivity index (χ0n) is 10.9. The van der Waals surface area contributed by atoms with Crippen LogP contribution in [0.4, 0.5) is 0 Å². The summed E-state index contributed by atoms with van der Waals surface area (Å²) in [5.41, 5.74) is 2.09. The van der Waals surface area contributed by atoms with Gasteiger partial charge >= 0.3 is 0 Å². The molecule has 0 amide bonds. The number of aliphatic hydroxyl groups excluding tert-OH is 1. The molecule has 2 atom stereocenters. The molecule has 0 bridgehead atoms. The van der Waals surface area contributed by atoms with Crippen LogP contribution in [0.5, 0.6) is 0 Å². The zero-order chi connectivity index (χ0) is 13.7. The van der Waals surface area contributed by atoms with Gasteiger partial charge < -0.3 is 10.4 Å². The van der Waals surface area contributed by atoms with Gasteiger partial charge in [0.25, 0.3) is 0 Å². The number of hydrogen-bond acceptors (Lipinski definition) is 2. The lowest BCUT2D eigenvalue weighted by Crippen LogP contribution is -2.24. The Labute approximate surface area is 119 Å². The summed E-state index contributed by atoms with van der Waals surface area (Å²) >= 11 is 5.83. The average molecular weight is 276 g/mol. The van der Waals surface area contributed by atoms with Crippen molar-refractivity contribution in [1.29, 1.82) is 0 Å². The molecule has 0 radical (unpaired) electrons. The maximum absolute atomic E-state index is 10.1. The Hall–Kier alpha value is -1.35. The minimum Gasteiger partial charge on any atom is -0.387 e. The summed E-state index contributed by atoms with van der Waals surface area (Å²) in [5, 5.41) is 14.1. The highest BCUT2D eigenvalue weighted by molar-refractivity contribution is 6.30. The first-order chi connectivity index (χ1) is 9.16. The van der Waals surface area contributed by atoms with E-state index < -0.39 is 6.10 Å². The Kier molecular flexibility index (Phi) is 4.97. The smallest absolute Gasteiger partial charge is 0.0914 e. The fraction of sp³-hybridized carbons (Fsp3) is 0.250. The molecule has 2 N–H and O–H groups in total. The fourth-order valence-corrected chi connectivity index (χ4v) is 2.08. The van der Waals surface area contributed by atoms with Crippen LogP contribution in [0.25, 0.3) is 0 Å². The van der Waals surface area contributed by atoms with Crippen LogP contribution in [0, 0.1) is 0 Å². The van der Waals surface area contributed by atoms with E-state index in [2.05, 4.69) is 24.4 Å². The van der Waals surface area contributed by atoms with Crippen molar-refractivity contribution in [3.8, 4) is 0 Å². The van der Waals surface area contributed by atoms with E-state index in [1.807, 2.05) is 30.3 Å². The first kappa shape index (κ1) is 14.1. The van der Waals surface area contributed by atoms with Gasteiger partial charge in [0, 0.05) is 17.6 Å². The van der Waals surface area contributed by atoms with Crippen LogP contribution in [-0.2, 0) is 0 Å². The Morgan fingerprint density at radius 2 is 1.63 bits per heavy atom. The quantitative estimate of drug-likeness (QED) is 0.872. The predicted octanol–water partition coefficient (Wildman–Crippen LogP) is 3.72. The van der Waals surface area contributed by atoms with E-state index in [1.54, 1.807) is 12.1 Å². The summed E-state index contributed by atoms with van der Waals surface area (Å²) in [7, 11) is 0. The lowest BCUT2D eigenvalue weighted by molar-refractivity contribution is 0.171. The standard InChI is InChI=1S/C16H18ClNO/c1-12(13-5-3-2-4-6-13)18-11-16(19)14-7-9-15(17)10-8-14/h2-10,12,16,18-19H,11H2,1H3/t12-,16?/m1/s1. The van der Waals surface area contributed by atoms with Gasteiger partial charge in [-0.3, -0.25) is 0 Å². The Balaban J connectivity index is 1.90. The maximum Gasteiger partial charge on any atom is 0.0914 e. The second-order valence-electron chi connectivity index (χ2n) is 4.61. The summed E-state index contributed by atoms with van der Waals surface area (Å²) in [6.07, 6.45) is -0.525.